The van der Waals surface area contributed by atoms with Crippen LogP contribution in [0, 0.1) is 6.92 Å². The number of rotatable bonds is 8. The molecule has 0 saturated heterocycles. The Morgan fingerprint density at radius 1 is 1.29 bits per heavy atom. The molecule has 98 valence electrons. The molecule has 0 unspecified atom stereocenters. The number of unbranched alkanes of at least 4 members (excludes halogenated alkanes) is 1. The molecule has 0 aliphatic carbocycles. The van der Waals surface area contributed by atoms with Crippen molar-refractivity contribution in [3.05, 3.63) is 11.3 Å². The largest absolute Gasteiger partial charge is 0.475 e. The predicted molar refractivity (Wildman–Crippen MR) is 65.1 cm³/mol. The van der Waals surface area contributed by atoms with Crippen LogP contribution in [0.1, 0.15) is 31.0 Å². The Morgan fingerprint density at radius 3 is 2.71 bits per heavy atom. The lowest BCUT2D eigenvalue weighted by molar-refractivity contribution is 0.0940. The van der Waals surface area contributed by atoms with Gasteiger partial charge in [0.25, 0.3) is 0 Å². The van der Waals surface area contributed by atoms with Gasteiger partial charge < -0.3 is 14.6 Å². The van der Waals surface area contributed by atoms with Crippen molar-refractivity contribution in [2.24, 2.45) is 7.05 Å². The minimum atomic E-state index is -0.0499. The van der Waals surface area contributed by atoms with E-state index in [1.807, 2.05) is 6.92 Å². The van der Waals surface area contributed by atoms with Crippen molar-refractivity contribution < 1.29 is 14.6 Å². The molecule has 0 aromatic carbocycles. The molecular weight excluding hydrogens is 220 g/mol. The quantitative estimate of drug-likeness (QED) is 0.700. The maximum Gasteiger partial charge on any atom is 0.217 e. The third-order valence-corrected chi connectivity index (χ3v) is 2.56. The second-order valence-electron chi connectivity index (χ2n) is 3.97. The second kappa shape index (κ2) is 7.29. The van der Waals surface area contributed by atoms with E-state index in [1.165, 1.54) is 0 Å². The molecule has 17 heavy (non-hydrogen) atoms. The zero-order valence-electron chi connectivity index (χ0n) is 10.9. The lowest BCUT2D eigenvalue weighted by atomic mass is 10.3. The number of nitrogens with zero attached hydrogens (tertiary/aromatic N) is 2. The van der Waals surface area contributed by atoms with Crippen molar-refractivity contribution in [3.8, 4) is 5.88 Å². The summed E-state index contributed by atoms with van der Waals surface area (Å²) in [5, 5.41) is 13.4. The lowest BCUT2D eigenvalue weighted by Gasteiger charge is -2.08. The molecule has 0 aliphatic rings. The van der Waals surface area contributed by atoms with E-state index in [0.29, 0.717) is 19.1 Å². The van der Waals surface area contributed by atoms with Crippen LogP contribution in [0.25, 0.3) is 0 Å². The van der Waals surface area contributed by atoms with Crippen LogP contribution >= 0.6 is 0 Å². The molecule has 1 aromatic rings. The average molecular weight is 242 g/mol. The van der Waals surface area contributed by atoms with Crippen LogP contribution in [0.2, 0.25) is 0 Å². The van der Waals surface area contributed by atoms with Gasteiger partial charge in [0.2, 0.25) is 5.88 Å². The van der Waals surface area contributed by atoms with E-state index in [9.17, 15) is 5.11 Å². The van der Waals surface area contributed by atoms with Crippen LogP contribution in [0.3, 0.4) is 0 Å². The Hall–Kier alpha value is -1.07. The van der Waals surface area contributed by atoms with Gasteiger partial charge in [-0.25, -0.2) is 4.68 Å². The van der Waals surface area contributed by atoms with Crippen molar-refractivity contribution in [1.82, 2.24) is 9.78 Å². The molecule has 1 heterocycles. The van der Waals surface area contributed by atoms with Gasteiger partial charge >= 0.3 is 0 Å². The fourth-order valence-electron chi connectivity index (χ4n) is 1.59. The molecule has 0 atom stereocenters. The topological polar surface area (TPSA) is 56.5 Å². The third-order valence-electron chi connectivity index (χ3n) is 2.56. The molecule has 5 nitrogen and oxygen atoms in total. The predicted octanol–water partition coefficient (Wildman–Crippen LogP) is 1.42. The Labute approximate surface area is 102 Å². The van der Waals surface area contributed by atoms with Crippen LogP contribution in [-0.4, -0.2) is 34.7 Å². The first kappa shape index (κ1) is 14.0. The summed E-state index contributed by atoms with van der Waals surface area (Å²) in [6.45, 7) is 5.76. The number of ether oxygens (including phenoxy) is 2. The Kier molecular flexibility index (Phi) is 6.00. The first-order chi connectivity index (χ1) is 8.20. The summed E-state index contributed by atoms with van der Waals surface area (Å²) in [5.74, 6) is 0.629. The SMILES string of the molecule is CCCCOCCOc1c(CO)c(C)nn1C. The van der Waals surface area contributed by atoms with E-state index in [4.69, 9.17) is 9.47 Å². The maximum absolute atomic E-state index is 9.22. The monoisotopic (exact) mass is 242 g/mol. The highest BCUT2D eigenvalue weighted by atomic mass is 16.5. The molecule has 0 spiro atoms. The number of aliphatic hydroxyl groups excluding tert-OH is 1. The summed E-state index contributed by atoms with van der Waals surface area (Å²) in [5.41, 5.74) is 1.55. The molecular formula is C12H22N2O3. The zero-order chi connectivity index (χ0) is 12.7. The van der Waals surface area contributed by atoms with E-state index in [-0.39, 0.29) is 6.61 Å². The summed E-state index contributed by atoms with van der Waals surface area (Å²) < 4.78 is 12.6. The van der Waals surface area contributed by atoms with E-state index in [1.54, 1.807) is 11.7 Å². The molecule has 5 heteroatoms. The molecule has 1 rings (SSSR count). The number of aromatic nitrogens is 2. The number of aryl methyl sites for hydroxylation is 2. The smallest absolute Gasteiger partial charge is 0.217 e. The Balaban J connectivity index is 2.36. The zero-order valence-corrected chi connectivity index (χ0v) is 10.9. The van der Waals surface area contributed by atoms with E-state index in [0.717, 1.165) is 30.7 Å². The summed E-state index contributed by atoms with van der Waals surface area (Å²) in [6.07, 6.45) is 2.21. The summed E-state index contributed by atoms with van der Waals surface area (Å²) >= 11 is 0. The van der Waals surface area contributed by atoms with Crippen molar-refractivity contribution in [1.29, 1.82) is 0 Å². The molecule has 0 radical (unpaired) electrons. The molecule has 1 N–H and O–H groups in total. The third kappa shape index (κ3) is 4.02. The van der Waals surface area contributed by atoms with Gasteiger partial charge in [-0.3, -0.25) is 0 Å². The van der Waals surface area contributed by atoms with Gasteiger partial charge in [-0.05, 0) is 13.3 Å². The highest BCUT2D eigenvalue weighted by Crippen LogP contribution is 2.20. The average Bonchev–Trinajstić information content (AvgIpc) is 2.58. The molecule has 1 aromatic heterocycles. The van der Waals surface area contributed by atoms with Gasteiger partial charge in [-0.15, -0.1) is 0 Å². The highest BCUT2D eigenvalue weighted by molar-refractivity contribution is 5.29. The van der Waals surface area contributed by atoms with Gasteiger partial charge in [0.05, 0.1) is 24.5 Å². The first-order valence-corrected chi connectivity index (χ1v) is 6.04. The van der Waals surface area contributed by atoms with Gasteiger partial charge in [0.1, 0.15) is 6.61 Å². The highest BCUT2D eigenvalue weighted by Gasteiger charge is 2.13. The van der Waals surface area contributed by atoms with Crippen molar-refractivity contribution in [2.45, 2.75) is 33.3 Å². The fourth-order valence-corrected chi connectivity index (χ4v) is 1.59. The van der Waals surface area contributed by atoms with Gasteiger partial charge in [-0.1, -0.05) is 13.3 Å². The summed E-state index contributed by atoms with van der Waals surface area (Å²) in [7, 11) is 1.80. The molecule has 0 saturated carbocycles. The van der Waals surface area contributed by atoms with Crippen molar-refractivity contribution >= 4 is 0 Å². The Morgan fingerprint density at radius 2 is 2.06 bits per heavy atom. The maximum atomic E-state index is 9.22. The lowest BCUT2D eigenvalue weighted by Crippen LogP contribution is -2.10. The van der Waals surface area contributed by atoms with Crippen molar-refractivity contribution in [2.75, 3.05) is 19.8 Å². The first-order valence-electron chi connectivity index (χ1n) is 6.04. The molecule has 0 aliphatic heterocycles. The van der Waals surface area contributed by atoms with E-state index in [2.05, 4.69) is 12.0 Å². The molecule has 0 bridgehead atoms. The van der Waals surface area contributed by atoms with Gasteiger partial charge in [0.15, 0.2) is 0 Å². The van der Waals surface area contributed by atoms with Gasteiger partial charge in [-0.2, -0.15) is 5.10 Å². The number of aliphatic hydroxyl groups is 1. The standard InChI is InChI=1S/C12H22N2O3/c1-4-5-6-16-7-8-17-12-11(9-15)10(2)13-14(12)3/h15H,4-9H2,1-3H3. The minimum absolute atomic E-state index is 0.0499. The number of hydrogen-bond donors (Lipinski definition) is 1. The van der Waals surface area contributed by atoms with E-state index >= 15 is 0 Å². The van der Waals surface area contributed by atoms with Crippen LogP contribution in [0.4, 0.5) is 0 Å². The Bertz CT molecular complexity index is 337. The van der Waals surface area contributed by atoms with Gasteiger partial charge in [0, 0.05) is 13.7 Å². The van der Waals surface area contributed by atoms with Crippen molar-refractivity contribution in [3.63, 3.8) is 0 Å². The summed E-state index contributed by atoms with van der Waals surface area (Å²) in [6, 6.07) is 0. The van der Waals surface area contributed by atoms with Crippen LogP contribution in [-0.2, 0) is 18.4 Å². The van der Waals surface area contributed by atoms with Crippen LogP contribution < -0.4 is 4.74 Å². The van der Waals surface area contributed by atoms with Crippen LogP contribution in [0.15, 0.2) is 0 Å². The van der Waals surface area contributed by atoms with Crippen LogP contribution in [0.5, 0.6) is 5.88 Å². The van der Waals surface area contributed by atoms with E-state index < -0.39 is 0 Å². The summed E-state index contributed by atoms with van der Waals surface area (Å²) in [4.78, 5) is 0. The fraction of sp³-hybridized carbons (Fsp3) is 0.750. The minimum Gasteiger partial charge on any atom is -0.475 e. The molecule has 0 fully saturated rings. The molecule has 0 amide bonds. The number of hydrogen-bond acceptors (Lipinski definition) is 4. The normalized spacial score (nSPS) is 10.8. The second-order valence-corrected chi connectivity index (χ2v) is 3.97.